The molecule has 0 aliphatic heterocycles. The summed E-state index contributed by atoms with van der Waals surface area (Å²) in [4.78, 5) is 7.76. The summed E-state index contributed by atoms with van der Waals surface area (Å²) in [5, 5.41) is 0. The zero-order chi connectivity index (χ0) is 17.3. The molecule has 0 fully saturated rings. The number of hydrogen-bond acceptors (Lipinski definition) is 1. The van der Waals surface area contributed by atoms with E-state index in [0.29, 0.717) is 5.41 Å². The van der Waals surface area contributed by atoms with Crippen molar-refractivity contribution in [3.05, 3.63) is 41.4 Å². The van der Waals surface area contributed by atoms with Gasteiger partial charge in [-0.2, -0.15) is 0 Å². The second-order valence-electron chi connectivity index (χ2n) is 6.96. The quantitative estimate of drug-likeness (QED) is 0.522. The summed E-state index contributed by atoms with van der Waals surface area (Å²) in [6.45, 7) is 12.9. The lowest BCUT2D eigenvalue weighted by Gasteiger charge is -2.21. The van der Waals surface area contributed by atoms with Crippen LogP contribution in [-0.4, -0.2) is 5.71 Å². The van der Waals surface area contributed by atoms with E-state index >= 15 is 0 Å². The SMILES string of the molecule is C/C=C(/C#Cc1ccc(CCCC(C)(C)CC)[nH+]c1)N=C(C)C. The molecule has 0 aromatic carbocycles. The molecule has 23 heavy (non-hydrogen) atoms. The number of H-pyrrole nitrogens is 1. The zero-order valence-electron chi connectivity index (χ0n) is 15.6. The van der Waals surface area contributed by atoms with E-state index < -0.39 is 0 Å². The molecule has 2 heteroatoms. The van der Waals surface area contributed by atoms with Crippen molar-refractivity contribution >= 4 is 5.71 Å². The average molecular weight is 311 g/mol. The summed E-state index contributed by atoms with van der Waals surface area (Å²) in [5.74, 6) is 6.27. The topological polar surface area (TPSA) is 26.5 Å². The van der Waals surface area contributed by atoms with Crippen molar-refractivity contribution in [1.82, 2.24) is 0 Å². The summed E-state index contributed by atoms with van der Waals surface area (Å²) in [5.41, 5.74) is 4.55. The maximum atomic E-state index is 4.39. The standard InChI is InChI=1S/C21H30N2/c1-7-19(23-17(3)4)13-11-18-12-14-20(22-16-18)10-9-15-21(5,6)8-2/h7,12,14,16H,8-10,15H2,1-6H3/p+1/b19-7-. The van der Waals surface area contributed by atoms with Crippen LogP contribution in [0.5, 0.6) is 0 Å². The third-order valence-electron chi connectivity index (χ3n) is 4.09. The Morgan fingerprint density at radius 2 is 2.04 bits per heavy atom. The maximum Gasteiger partial charge on any atom is 0.183 e. The molecule has 0 radical (unpaired) electrons. The molecule has 0 unspecified atom stereocenters. The normalized spacial score (nSPS) is 11.7. The molecule has 2 nitrogen and oxygen atoms in total. The Morgan fingerprint density at radius 3 is 2.57 bits per heavy atom. The number of allylic oxidation sites excluding steroid dienone is 2. The molecule has 0 aliphatic carbocycles. The first-order chi connectivity index (χ1) is 10.9. The molecule has 0 bridgehead atoms. The molecule has 0 spiro atoms. The Kier molecular flexibility index (Phi) is 7.75. The molecule has 1 heterocycles. The van der Waals surface area contributed by atoms with Crippen LogP contribution in [0.2, 0.25) is 0 Å². The second-order valence-corrected chi connectivity index (χ2v) is 6.96. The fourth-order valence-corrected chi connectivity index (χ4v) is 2.17. The molecule has 0 atom stereocenters. The van der Waals surface area contributed by atoms with E-state index in [9.17, 15) is 0 Å². The number of aromatic amines is 1. The number of aryl methyl sites for hydroxylation is 1. The van der Waals surface area contributed by atoms with Crippen LogP contribution in [0.1, 0.15) is 72.1 Å². The van der Waals surface area contributed by atoms with Crippen LogP contribution in [0, 0.1) is 17.3 Å². The van der Waals surface area contributed by atoms with Gasteiger partial charge in [-0.3, -0.25) is 0 Å². The summed E-state index contributed by atoms with van der Waals surface area (Å²) in [6, 6.07) is 4.23. The minimum atomic E-state index is 0.451. The minimum absolute atomic E-state index is 0.451. The Bertz CT molecular complexity index is 603. The van der Waals surface area contributed by atoms with Crippen molar-refractivity contribution in [3.63, 3.8) is 0 Å². The summed E-state index contributed by atoms with van der Waals surface area (Å²) in [6.07, 6.45) is 8.74. The van der Waals surface area contributed by atoms with Gasteiger partial charge in [-0.25, -0.2) is 9.98 Å². The van der Waals surface area contributed by atoms with Crippen molar-refractivity contribution in [2.45, 2.75) is 67.2 Å². The van der Waals surface area contributed by atoms with Gasteiger partial charge in [0.1, 0.15) is 5.70 Å². The van der Waals surface area contributed by atoms with E-state index in [1.807, 2.05) is 33.0 Å². The van der Waals surface area contributed by atoms with Crippen LogP contribution in [0.15, 0.2) is 35.1 Å². The fourth-order valence-electron chi connectivity index (χ4n) is 2.17. The van der Waals surface area contributed by atoms with Gasteiger partial charge in [0.25, 0.3) is 0 Å². The monoisotopic (exact) mass is 311 g/mol. The molecule has 124 valence electrons. The number of pyridine rings is 1. The smallest absolute Gasteiger partial charge is 0.183 e. The molecule has 0 saturated heterocycles. The van der Waals surface area contributed by atoms with E-state index in [2.05, 4.69) is 54.7 Å². The fraction of sp³-hybridized carbons (Fsp3) is 0.524. The lowest BCUT2D eigenvalue weighted by atomic mass is 9.84. The molecule has 0 aliphatic rings. The zero-order valence-corrected chi connectivity index (χ0v) is 15.6. The highest BCUT2D eigenvalue weighted by atomic mass is 14.7. The van der Waals surface area contributed by atoms with Crippen molar-refractivity contribution in [2.75, 3.05) is 0 Å². The average Bonchev–Trinajstić information content (AvgIpc) is 2.52. The van der Waals surface area contributed by atoms with Gasteiger partial charge in [-0.1, -0.05) is 39.2 Å². The molecular formula is C21H31N2+. The van der Waals surface area contributed by atoms with Crippen LogP contribution in [0.3, 0.4) is 0 Å². The molecule has 1 N–H and O–H groups in total. The second kappa shape index (κ2) is 9.30. The first-order valence-corrected chi connectivity index (χ1v) is 8.57. The van der Waals surface area contributed by atoms with Gasteiger partial charge in [-0.15, -0.1) is 0 Å². The number of nitrogens with one attached hydrogen (secondary N) is 1. The molecule has 0 saturated carbocycles. The molecular weight excluding hydrogens is 280 g/mol. The Morgan fingerprint density at radius 1 is 1.30 bits per heavy atom. The van der Waals surface area contributed by atoms with Crippen LogP contribution < -0.4 is 4.98 Å². The summed E-state index contributed by atoms with van der Waals surface area (Å²) < 4.78 is 0. The Balaban J connectivity index is 2.63. The van der Waals surface area contributed by atoms with Gasteiger partial charge in [-0.05, 0) is 51.0 Å². The van der Waals surface area contributed by atoms with Gasteiger partial charge in [0.2, 0.25) is 0 Å². The van der Waals surface area contributed by atoms with Crippen molar-refractivity contribution < 1.29 is 4.98 Å². The third kappa shape index (κ3) is 7.79. The van der Waals surface area contributed by atoms with Gasteiger partial charge in [0.05, 0.1) is 5.56 Å². The van der Waals surface area contributed by atoms with Crippen LogP contribution in [-0.2, 0) is 6.42 Å². The van der Waals surface area contributed by atoms with Crippen LogP contribution in [0.4, 0.5) is 0 Å². The number of hydrogen-bond donors (Lipinski definition) is 0. The first kappa shape index (κ1) is 19.2. The first-order valence-electron chi connectivity index (χ1n) is 8.57. The van der Waals surface area contributed by atoms with Crippen LogP contribution >= 0.6 is 0 Å². The predicted octanol–water partition coefficient (Wildman–Crippen LogP) is 5.00. The number of aliphatic imine (C=N–C) groups is 1. The van der Waals surface area contributed by atoms with Gasteiger partial charge >= 0.3 is 0 Å². The van der Waals surface area contributed by atoms with E-state index in [0.717, 1.165) is 23.4 Å². The predicted molar refractivity (Wildman–Crippen MR) is 99.4 cm³/mol. The number of rotatable bonds is 6. The highest BCUT2D eigenvalue weighted by Crippen LogP contribution is 2.26. The van der Waals surface area contributed by atoms with E-state index in [1.54, 1.807) is 0 Å². The van der Waals surface area contributed by atoms with E-state index in [4.69, 9.17) is 0 Å². The number of nitrogens with zero attached hydrogens (tertiary/aromatic N) is 1. The van der Waals surface area contributed by atoms with Crippen LogP contribution in [0.25, 0.3) is 0 Å². The summed E-state index contributed by atoms with van der Waals surface area (Å²) in [7, 11) is 0. The van der Waals surface area contributed by atoms with Crippen molar-refractivity contribution in [2.24, 2.45) is 10.4 Å². The third-order valence-corrected chi connectivity index (χ3v) is 4.09. The highest BCUT2D eigenvalue weighted by molar-refractivity contribution is 5.80. The molecule has 1 rings (SSSR count). The van der Waals surface area contributed by atoms with Crippen molar-refractivity contribution in [1.29, 1.82) is 0 Å². The van der Waals surface area contributed by atoms with Gasteiger partial charge < -0.3 is 0 Å². The van der Waals surface area contributed by atoms with Gasteiger partial charge in [0, 0.05) is 18.2 Å². The summed E-state index contributed by atoms with van der Waals surface area (Å²) >= 11 is 0. The largest absolute Gasteiger partial charge is 0.250 e. The Labute approximate surface area is 142 Å². The molecule has 1 aromatic heterocycles. The number of aromatic nitrogens is 1. The van der Waals surface area contributed by atoms with E-state index in [1.165, 1.54) is 25.0 Å². The Hall–Kier alpha value is -1.88. The molecule has 1 aromatic rings. The lowest BCUT2D eigenvalue weighted by molar-refractivity contribution is -0.390. The van der Waals surface area contributed by atoms with Crippen molar-refractivity contribution in [3.8, 4) is 11.8 Å². The lowest BCUT2D eigenvalue weighted by Crippen LogP contribution is -2.13. The minimum Gasteiger partial charge on any atom is -0.250 e. The van der Waals surface area contributed by atoms with E-state index in [-0.39, 0.29) is 0 Å². The van der Waals surface area contributed by atoms with Gasteiger partial charge in [0.15, 0.2) is 11.9 Å². The molecule has 0 amide bonds. The maximum absolute atomic E-state index is 4.39. The highest BCUT2D eigenvalue weighted by Gasteiger charge is 2.14.